The molecule has 7 atom stereocenters. The predicted octanol–water partition coefficient (Wildman–Crippen LogP) is 7.19. The van der Waals surface area contributed by atoms with Crippen LogP contribution in [0.15, 0.2) is 0 Å². The Morgan fingerprint density at radius 3 is 2.24 bits per heavy atom. The summed E-state index contributed by atoms with van der Waals surface area (Å²) >= 11 is 0. The van der Waals surface area contributed by atoms with E-state index < -0.39 is 16.6 Å². The first-order valence-electron chi connectivity index (χ1n) is 13.6. The lowest BCUT2D eigenvalue weighted by Crippen LogP contribution is -2.58. The molecule has 33 heavy (non-hydrogen) atoms. The van der Waals surface area contributed by atoms with E-state index in [-0.39, 0.29) is 5.60 Å². The number of hydrogen-bond acceptors (Lipinski definition) is 3. The molecular weight excluding hydrogens is 440 g/mol. The van der Waals surface area contributed by atoms with E-state index in [1.165, 1.54) is 49.8 Å². The van der Waals surface area contributed by atoms with Crippen LogP contribution >= 0.6 is 0 Å². The highest BCUT2D eigenvalue weighted by molar-refractivity contribution is 6.70. The maximum Gasteiger partial charge on any atom is 0.244 e. The molecular formula is C27H48N2O2Si2. The molecule has 1 heterocycles. The number of aromatic amines is 1. The average molecular weight is 489 g/mol. The van der Waals surface area contributed by atoms with Gasteiger partial charge in [-0.05, 0) is 132 Å². The van der Waals surface area contributed by atoms with Crippen molar-refractivity contribution in [3.05, 3.63) is 11.3 Å². The van der Waals surface area contributed by atoms with E-state index in [1.54, 1.807) is 0 Å². The van der Waals surface area contributed by atoms with Gasteiger partial charge in [0.05, 0.1) is 5.60 Å². The van der Waals surface area contributed by atoms with Crippen molar-refractivity contribution in [1.29, 1.82) is 0 Å². The first-order valence-corrected chi connectivity index (χ1v) is 20.4. The summed E-state index contributed by atoms with van der Waals surface area (Å²) in [5, 5.41) is 8.05. The molecule has 1 N–H and O–H groups in total. The minimum Gasteiger partial charge on any atom is -0.530 e. The van der Waals surface area contributed by atoms with Gasteiger partial charge in [-0.1, -0.05) is 13.8 Å². The van der Waals surface area contributed by atoms with Crippen LogP contribution in [-0.4, -0.2) is 32.4 Å². The Morgan fingerprint density at radius 1 is 0.879 bits per heavy atom. The van der Waals surface area contributed by atoms with Gasteiger partial charge in [-0.15, -0.1) is 5.10 Å². The minimum atomic E-state index is -1.68. The molecule has 1 aromatic heterocycles. The molecule has 0 radical (unpaired) electrons. The van der Waals surface area contributed by atoms with Crippen LogP contribution in [0.5, 0.6) is 5.88 Å². The topological polar surface area (TPSA) is 47.1 Å². The van der Waals surface area contributed by atoms with Gasteiger partial charge in [-0.2, -0.15) is 0 Å². The van der Waals surface area contributed by atoms with Crippen LogP contribution in [0.3, 0.4) is 0 Å². The zero-order valence-electron chi connectivity index (χ0n) is 22.7. The predicted molar refractivity (Wildman–Crippen MR) is 141 cm³/mol. The lowest BCUT2D eigenvalue weighted by atomic mass is 9.44. The van der Waals surface area contributed by atoms with Gasteiger partial charge in [0.1, 0.15) is 0 Å². The highest BCUT2D eigenvalue weighted by Gasteiger charge is 2.64. The molecule has 4 aliphatic rings. The minimum absolute atomic E-state index is 0.0630. The van der Waals surface area contributed by atoms with Crippen molar-refractivity contribution in [3.8, 4) is 5.88 Å². The zero-order chi connectivity index (χ0) is 24.0. The Balaban J connectivity index is 1.43. The molecule has 0 saturated heterocycles. The third kappa shape index (κ3) is 3.81. The van der Waals surface area contributed by atoms with Gasteiger partial charge in [-0.3, -0.25) is 5.10 Å². The van der Waals surface area contributed by atoms with Crippen LogP contribution in [0.2, 0.25) is 39.3 Å². The molecule has 0 amide bonds. The number of fused-ring (bicyclic) bond motifs is 6. The lowest BCUT2D eigenvalue weighted by molar-refractivity contribution is -0.133. The molecule has 1 aromatic rings. The monoisotopic (exact) mass is 488 g/mol. The van der Waals surface area contributed by atoms with E-state index >= 15 is 0 Å². The van der Waals surface area contributed by atoms with Gasteiger partial charge < -0.3 is 8.85 Å². The Bertz CT molecular complexity index is 918. The smallest absolute Gasteiger partial charge is 0.244 e. The summed E-state index contributed by atoms with van der Waals surface area (Å²) in [5.41, 5.74) is 3.54. The van der Waals surface area contributed by atoms with Gasteiger partial charge in [0.2, 0.25) is 14.2 Å². The molecule has 5 rings (SSSR count). The van der Waals surface area contributed by atoms with Crippen LogP contribution in [0.1, 0.15) is 70.6 Å². The van der Waals surface area contributed by atoms with Gasteiger partial charge in [0.15, 0.2) is 8.32 Å². The third-order valence-corrected chi connectivity index (χ3v) is 12.3. The average Bonchev–Trinajstić information content (AvgIpc) is 3.14. The highest BCUT2D eigenvalue weighted by atomic mass is 28.4. The van der Waals surface area contributed by atoms with Crippen molar-refractivity contribution < 1.29 is 8.85 Å². The number of hydrogen-bond donors (Lipinski definition) is 1. The second-order valence-corrected chi connectivity index (χ2v) is 23.5. The van der Waals surface area contributed by atoms with Crippen molar-refractivity contribution in [1.82, 2.24) is 10.2 Å². The fourth-order valence-electron chi connectivity index (χ4n) is 8.95. The first kappa shape index (κ1) is 24.1. The third-order valence-electron chi connectivity index (χ3n) is 10.5. The molecule has 6 unspecified atom stereocenters. The van der Waals surface area contributed by atoms with Crippen molar-refractivity contribution >= 4 is 16.6 Å². The summed E-state index contributed by atoms with van der Waals surface area (Å²) in [6.07, 6.45) is 10.4. The van der Waals surface area contributed by atoms with Gasteiger partial charge in [0, 0.05) is 11.3 Å². The Hall–Kier alpha value is -0.596. The van der Waals surface area contributed by atoms with Gasteiger partial charge in [0.25, 0.3) is 0 Å². The Labute approximate surface area is 204 Å². The fraction of sp³-hybridized carbons (Fsp3) is 0.889. The molecule has 4 aliphatic carbocycles. The molecule has 4 nitrogen and oxygen atoms in total. The summed E-state index contributed by atoms with van der Waals surface area (Å²) in [6.45, 7) is 21.6. The molecule has 186 valence electrons. The van der Waals surface area contributed by atoms with E-state index in [0.29, 0.717) is 10.8 Å². The van der Waals surface area contributed by atoms with Gasteiger partial charge in [-0.25, -0.2) is 0 Å². The van der Waals surface area contributed by atoms with E-state index in [9.17, 15) is 0 Å². The zero-order valence-corrected chi connectivity index (χ0v) is 24.7. The molecule has 3 saturated carbocycles. The summed E-state index contributed by atoms with van der Waals surface area (Å²) in [5.74, 6) is 4.20. The molecule has 3 fully saturated rings. The number of aromatic nitrogens is 2. The number of rotatable bonds is 4. The summed E-state index contributed by atoms with van der Waals surface area (Å²) in [6, 6.07) is 0. The Morgan fingerprint density at radius 2 is 1.58 bits per heavy atom. The second kappa shape index (κ2) is 7.45. The molecule has 0 spiro atoms. The second-order valence-electron chi connectivity index (χ2n) is 14.7. The van der Waals surface area contributed by atoms with Crippen LogP contribution in [-0.2, 0) is 17.3 Å². The van der Waals surface area contributed by atoms with Crippen molar-refractivity contribution in [2.75, 3.05) is 0 Å². The first-order chi connectivity index (χ1) is 15.2. The molecule has 0 aliphatic heterocycles. The molecule has 0 aromatic carbocycles. The van der Waals surface area contributed by atoms with Crippen molar-refractivity contribution in [3.63, 3.8) is 0 Å². The van der Waals surface area contributed by atoms with Crippen LogP contribution in [0.25, 0.3) is 0 Å². The summed E-state index contributed by atoms with van der Waals surface area (Å²) in [7, 11) is -3.26. The number of nitrogens with zero attached hydrogens (tertiary/aromatic N) is 1. The largest absolute Gasteiger partial charge is 0.530 e. The number of H-pyrrole nitrogens is 1. The lowest BCUT2D eigenvalue weighted by Gasteiger charge is -2.61. The van der Waals surface area contributed by atoms with Crippen LogP contribution in [0, 0.1) is 34.5 Å². The quantitative estimate of drug-likeness (QED) is 0.456. The SMILES string of the molecule is CC12Cc3c(O[Si](C)(C)C)n[nH]c3CC1CCC1C2CCC2(C)C1CC[C@@]2(C)O[Si](C)(C)C. The Kier molecular flexibility index (Phi) is 5.45. The maximum atomic E-state index is 6.98. The van der Waals surface area contributed by atoms with E-state index in [2.05, 4.69) is 70.3 Å². The van der Waals surface area contributed by atoms with Gasteiger partial charge >= 0.3 is 0 Å². The normalized spacial score (nSPS) is 42.8. The standard InChI is InChI=1S/C27H48N2O2Si2/c1-25-17-20-23(28-29-24(20)30-32(4,5)6)16-18(25)10-11-19-21(25)12-14-26(2)22(19)13-15-27(26,3)31-33(7,8)9/h18-19,21-22H,10-17H2,1-9H3,(H,28,29)/t18?,19?,21?,22?,25?,26?,27-/m1/s1. The van der Waals surface area contributed by atoms with Crippen LogP contribution in [0.4, 0.5) is 0 Å². The molecule has 0 bridgehead atoms. The van der Waals surface area contributed by atoms with E-state index in [0.717, 1.165) is 42.4 Å². The summed E-state index contributed by atoms with van der Waals surface area (Å²) in [4.78, 5) is 0. The maximum absolute atomic E-state index is 6.98. The van der Waals surface area contributed by atoms with Crippen molar-refractivity contribution in [2.24, 2.45) is 34.5 Å². The number of nitrogens with one attached hydrogen (secondary N) is 1. The summed E-state index contributed by atoms with van der Waals surface area (Å²) < 4.78 is 13.4. The highest BCUT2D eigenvalue weighted by Crippen LogP contribution is 2.68. The van der Waals surface area contributed by atoms with E-state index in [4.69, 9.17) is 8.85 Å². The molecule has 6 heteroatoms. The van der Waals surface area contributed by atoms with Crippen molar-refractivity contribution in [2.45, 2.75) is 117 Å². The van der Waals surface area contributed by atoms with E-state index in [1.807, 2.05) is 0 Å². The fourth-order valence-corrected chi connectivity index (χ4v) is 11.4. The van der Waals surface area contributed by atoms with Crippen LogP contribution < -0.4 is 4.43 Å².